The Bertz CT molecular complexity index is 841. The Morgan fingerprint density at radius 2 is 2.00 bits per heavy atom. The average Bonchev–Trinajstić information content (AvgIpc) is 3.08. The largest absolute Gasteiger partial charge is 0.493 e. The molecule has 1 aromatic heterocycles. The molecule has 1 aromatic rings. The van der Waals surface area contributed by atoms with E-state index in [9.17, 15) is 19.8 Å². The van der Waals surface area contributed by atoms with Crippen LogP contribution in [0.5, 0.6) is 5.75 Å². The van der Waals surface area contributed by atoms with E-state index in [1.165, 1.54) is 13.2 Å². The summed E-state index contributed by atoms with van der Waals surface area (Å²) in [6.45, 7) is 2.15. The number of rotatable bonds is 4. The molecule has 0 radical (unpaired) electrons. The van der Waals surface area contributed by atoms with Crippen LogP contribution < -0.4 is 14.5 Å². The predicted octanol–water partition coefficient (Wildman–Crippen LogP) is 2.33. The van der Waals surface area contributed by atoms with Crippen molar-refractivity contribution in [3.8, 4) is 5.75 Å². The summed E-state index contributed by atoms with van der Waals surface area (Å²) in [5.74, 6) is 1.39. The van der Waals surface area contributed by atoms with Gasteiger partial charge in [-0.25, -0.2) is 9.78 Å². The third-order valence-corrected chi connectivity index (χ3v) is 7.24. The monoisotopic (exact) mass is 432 g/mol. The molecule has 1 spiro atoms. The SMILES string of the molecule is COc1cc(N(C)C(=O)O)cnc1N1CCC[C@]2(CCN(C3CCC(O)CC3)C2=O)C1. The molecule has 2 amide bonds. The van der Waals surface area contributed by atoms with Crippen LogP contribution in [-0.4, -0.2) is 78.0 Å². The lowest BCUT2D eigenvalue weighted by molar-refractivity contribution is -0.139. The number of ether oxygens (including phenoxy) is 1. The van der Waals surface area contributed by atoms with Gasteiger partial charge in [0, 0.05) is 38.8 Å². The number of aliphatic hydroxyl groups is 1. The Kier molecular flexibility index (Phi) is 5.96. The lowest BCUT2D eigenvalue weighted by Crippen LogP contribution is -2.50. The predicted molar refractivity (Wildman–Crippen MR) is 116 cm³/mol. The molecule has 1 aliphatic carbocycles. The highest BCUT2D eigenvalue weighted by Crippen LogP contribution is 2.44. The number of piperidine rings is 1. The van der Waals surface area contributed by atoms with Gasteiger partial charge in [0.25, 0.3) is 0 Å². The van der Waals surface area contributed by atoms with Crippen LogP contribution in [0.1, 0.15) is 44.9 Å². The third-order valence-electron chi connectivity index (χ3n) is 7.24. The number of hydrogen-bond donors (Lipinski definition) is 2. The third kappa shape index (κ3) is 4.03. The first kappa shape index (κ1) is 21.7. The fourth-order valence-electron chi connectivity index (χ4n) is 5.37. The smallest absolute Gasteiger partial charge is 0.411 e. The Morgan fingerprint density at radius 1 is 1.26 bits per heavy atom. The topological polar surface area (TPSA) is 106 Å². The van der Waals surface area contributed by atoms with Crippen LogP contribution in [0.2, 0.25) is 0 Å². The van der Waals surface area contributed by atoms with E-state index in [1.54, 1.807) is 13.2 Å². The second kappa shape index (κ2) is 8.53. The number of aromatic nitrogens is 1. The zero-order valence-electron chi connectivity index (χ0n) is 18.3. The number of pyridine rings is 1. The highest BCUT2D eigenvalue weighted by Gasteiger charge is 2.51. The van der Waals surface area contributed by atoms with E-state index in [2.05, 4.69) is 14.8 Å². The van der Waals surface area contributed by atoms with Gasteiger partial charge in [0.05, 0.1) is 30.5 Å². The first-order chi connectivity index (χ1) is 14.8. The Balaban J connectivity index is 1.52. The van der Waals surface area contributed by atoms with Crippen LogP contribution in [0, 0.1) is 5.41 Å². The minimum Gasteiger partial charge on any atom is -0.493 e. The van der Waals surface area contributed by atoms with E-state index >= 15 is 0 Å². The van der Waals surface area contributed by atoms with Gasteiger partial charge in [0.1, 0.15) is 0 Å². The van der Waals surface area contributed by atoms with Gasteiger partial charge in [-0.3, -0.25) is 9.69 Å². The summed E-state index contributed by atoms with van der Waals surface area (Å²) in [7, 11) is 3.01. The molecule has 0 aromatic carbocycles. The lowest BCUT2D eigenvalue weighted by Gasteiger charge is -2.41. The van der Waals surface area contributed by atoms with Crippen LogP contribution >= 0.6 is 0 Å². The molecule has 3 fully saturated rings. The number of anilines is 2. The maximum Gasteiger partial charge on any atom is 0.411 e. The number of carbonyl (C=O) groups excluding carboxylic acids is 1. The summed E-state index contributed by atoms with van der Waals surface area (Å²) in [5.41, 5.74) is 0.0276. The number of hydrogen-bond acceptors (Lipinski definition) is 6. The molecule has 31 heavy (non-hydrogen) atoms. The zero-order valence-corrected chi connectivity index (χ0v) is 18.3. The second-order valence-electron chi connectivity index (χ2n) is 9.08. The van der Waals surface area contributed by atoms with Crippen molar-refractivity contribution in [1.82, 2.24) is 9.88 Å². The van der Waals surface area contributed by atoms with Crippen molar-refractivity contribution in [3.63, 3.8) is 0 Å². The maximum atomic E-state index is 13.5. The molecular weight excluding hydrogens is 400 g/mol. The van der Waals surface area contributed by atoms with Crippen molar-refractivity contribution >= 4 is 23.5 Å². The summed E-state index contributed by atoms with van der Waals surface area (Å²) in [6, 6.07) is 1.91. The number of likely N-dealkylation sites (tertiary alicyclic amines) is 1. The summed E-state index contributed by atoms with van der Waals surface area (Å²) >= 11 is 0. The first-order valence-electron chi connectivity index (χ1n) is 11.1. The molecule has 1 saturated carbocycles. The van der Waals surface area contributed by atoms with Crippen molar-refractivity contribution in [2.45, 2.75) is 57.1 Å². The molecule has 2 saturated heterocycles. The van der Waals surface area contributed by atoms with E-state index in [-0.39, 0.29) is 18.1 Å². The highest BCUT2D eigenvalue weighted by molar-refractivity contribution is 5.87. The van der Waals surface area contributed by atoms with Crippen molar-refractivity contribution < 1.29 is 24.5 Å². The fourth-order valence-corrected chi connectivity index (χ4v) is 5.37. The standard InChI is InChI=1S/C22H32N4O5/c1-24(21(29)30)16-12-18(31-2)19(23-13-16)25-10-3-8-22(14-25)9-11-26(20(22)28)15-4-6-17(27)7-5-15/h12-13,15,17,27H,3-11,14H2,1-2H3,(H,29,30)/t15?,17?,22-/m0/s1. The lowest BCUT2D eigenvalue weighted by atomic mass is 9.78. The molecule has 0 bridgehead atoms. The first-order valence-corrected chi connectivity index (χ1v) is 11.1. The van der Waals surface area contributed by atoms with E-state index in [4.69, 9.17) is 4.74 Å². The minimum absolute atomic E-state index is 0.227. The maximum absolute atomic E-state index is 13.5. The van der Waals surface area contributed by atoms with E-state index in [0.717, 1.165) is 62.9 Å². The number of methoxy groups -OCH3 is 1. The second-order valence-corrected chi connectivity index (χ2v) is 9.08. The van der Waals surface area contributed by atoms with Crippen molar-refractivity contribution in [2.75, 3.05) is 43.6 Å². The molecule has 170 valence electrons. The van der Waals surface area contributed by atoms with E-state index < -0.39 is 11.5 Å². The zero-order chi connectivity index (χ0) is 22.2. The van der Waals surface area contributed by atoms with Crippen LogP contribution in [0.15, 0.2) is 12.3 Å². The molecule has 3 aliphatic rings. The van der Waals surface area contributed by atoms with Gasteiger partial charge >= 0.3 is 6.09 Å². The van der Waals surface area contributed by atoms with Gasteiger partial charge in [-0.05, 0) is 44.9 Å². The molecule has 0 unspecified atom stereocenters. The minimum atomic E-state index is -1.07. The summed E-state index contributed by atoms with van der Waals surface area (Å²) in [6.07, 6.45) is 6.13. The molecule has 9 nitrogen and oxygen atoms in total. The van der Waals surface area contributed by atoms with E-state index in [1.807, 2.05) is 0 Å². The molecule has 4 rings (SSSR count). The van der Waals surface area contributed by atoms with Crippen molar-refractivity contribution in [3.05, 3.63) is 12.3 Å². The molecule has 2 N–H and O–H groups in total. The van der Waals surface area contributed by atoms with Crippen molar-refractivity contribution in [2.24, 2.45) is 5.41 Å². The summed E-state index contributed by atoms with van der Waals surface area (Å²) < 4.78 is 5.53. The van der Waals surface area contributed by atoms with Gasteiger partial charge in [0.15, 0.2) is 11.6 Å². The van der Waals surface area contributed by atoms with Gasteiger partial charge < -0.3 is 24.7 Å². The molecule has 1 atom stereocenters. The number of carboxylic acid groups (broad SMARTS) is 1. The number of carbonyl (C=O) groups is 2. The van der Waals surface area contributed by atoms with Gasteiger partial charge in [-0.15, -0.1) is 0 Å². The Hall–Kier alpha value is -2.55. The quantitative estimate of drug-likeness (QED) is 0.752. The normalized spacial score (nSPS) is 28.8. The van der Waals surface area contributed by atoms with Gasteiger partial charge in [-0.2, -0.15) is 0 Å². The number of aliphatic hydroxyl groups excluding tert-OH is 1. The summed E-state index contributed by atoms with van der Waals surface area (Å²) in [4.78, 5) is 34.6. The van der Waals surface area contributed by atoms with Crippen LogP contribution in [-0.2, 0) is 4.79 Å². The van der Waals surface area contributed by atoms with Crippen LogP contribution in [0.25, 0.3) is 0 Å². The molecule has 3 heterocycles. The molecular formula is C22H32N4O5. The Labute approximate surface area is 182 Å². The highest BCUT2D eigenvalue weighted by atomic mass is 16.5. The van der Waals surface area contributed by atoms with Crippen LogP contribution in [0.3, 0.4) is 0 Å². The van der Waals surface area contributed by atoms with Gasteiger partial charge in [0.2, 0.25) is 5.91 Å². The van der Waals surface area contributed by atoms with Crippen molar-refractivity contribution in [1.29, 1.82) is 0 Å². The fraction of sp³-hybridized carbons (Fsp3) is 0.682. The van der Waals surface area contributed by atoms with E-state index in [0.29, 0.717) is 23.8 Å². The molecule has 9 heteroatoms. The number of amides is 2. The van der Waals surface area contributed by atoms with Crippen LogP contribution in [0.4, 0.5) is 16.3 Å². The molecule has 2 aliphatic heterocycles. The van der Waals surface area contributed by atoms with Gasteiger partial charge in [-0.1, -0.05) is 0 Å². The Morgan fingerprint density at radius 3 is 2.68 bits per heavy atom. The summed E-state index contributed by atoms with van der Waals surface area (Å²) in [5, 5.41) is 19.0. The number of nitrogens with zero attached hydrogens (tertiary/aromatic N) is 4. The average molecular weight is 433 g/mol.